The topological polar surface area (TPSA) is 147 Å². The van der Waals surface area contributed by atoms with Crippen LogP contribution in [0.15, 0.2) is 39.5 Å². The number of hydrogen-bond donors (Lipinski definition) is 4. The van der Waals surface area contributed by atoms with Gasteiger partial charge in [-0.15, -0.1) is 0 Å². The molecular weight excluding hydrogens is 324 g/mol. The van der Waals surface area contributed by atoms with Gasteiger partial charge in [-0.25, -0.2) is 9.59 Å². The fraction of sp³-hybridized carbons (Fsp3) is 0.333. The van der Waals surface area contributed by atoms with Gasteiger partial charge in [-0.1, -0.05) is 0 Å². The van der Waals surface area contributed by atoms with Gasteiger partial charge >= 0.3 is 11.6 Å². The average molecular weight is 338 g/mol. The number of benzene rings is 1. The Bertz CT molecular complexity index is 814. The molecule has 0 aliphatic carbocycles. The molecule has 3 rings (SSSR count). The molecular formula is C15H14O9. The summed E-state index contributed by atoms with van der Waals surface area (Å²) < 4.78 is 15.3. The van der Waals surface area contributed by atoms with E-state index >= 15 is 0 Å². The molecule has 0 amide bonds. The van der Waals surface area contributed by atoms with E-state index in [0.29, 0.717) is 5.39 Å². The van der Waals surface area contributed by atoms with Crippen molar-refractivity contribution in [3.05, 3.63) is 40.8 Å². The lowest BCUT2D eigenvalue weighted by molar-refractivity contribution is -0.271. The number of ether oxygens (including phenoxy) is 2. The van der Waals surface area contributed by atoms with Crippen molar-refractivity contribution in [1.82, 2.24) is 0 Å². The van der Waals surface area contributed by atoms with E-state index in [0.717, 1.165) is 0 Å². The second-order valence-electron chi connectivity index (χ2n) is 5.31. The van der Waals surface area contributed by atoms with Crippen LogP contribution in [0.3, 0.4) is 0 Å². The maximum Gasteiger partial charge on any atom is 0.336 e. The molecule has 0 saturated carbocycles. The van der Waals surface area contributed by atoms with Crippen molar-refractivity contribution in [3.8, 4) is 5.75 Å². The van der Waals surface area contributed by atoms with E-state index in [1.54, 1.807) is 12.1 Å². The van der Waals surface area contributed by atoms with Crippen molar-refractivity contribution in [3.63, 3.8) is 0 Å². The molecule has 2 heterocycles. The summed E-state index contributed by atoms with van der Waals surface area (Å²) in [5, 5.41) is 38.9. The summed E-state index contributed by atoms with van der Waals surface area (Å²) in [6.07, 6.45) is -8.52. The number of carboxylic acid groups (broad SMARTS) is 1. The molecule has 0 bridgehead atoms. The summed E-state index contributed by atoms with van der Waals surface area (Å²) in [7, 11) is 0. The van der Waals surface area contributed by atoms with E-state index in [4.69, 9.17) is 19.0 Å². The highest BCUT2D eigenvalue weighted by Crippen LogP contribution is 2.26. The SMILES string of the molecule is O=C(O)C1O[C@H](Oc2ccc3ccc(=O)oc3c2)C(O)C(O)[C@@H]1O. The number of fused-ring (bicyclic) bond motifs is 1. The maximum atomic E-state index is 11.2. The molecule has 1 aromatic heterocycles. The third-order valence-electron chi connectivity index (χ3n) is 3.66. The number of carboxylic acids is 1. The van der Waals surface area contributed by atoms with Crippen molar-refractivity contribution in [2.24, 2.45) is 0 Å². The van der Waals surface area contributed by atoms with Crippen molar-refractivity contribution in [1.29, 1.82) is 0 Å². The van der Waals surface area contributed by atoms with Crippen LogP contribution < -0.4 is 10.4 Å². The van der Waals surface area contributed by atoms with Gasteiger partial charge in [-0.3, -0.25) is 0 Å². The Hall–Kier alpha value is -2.46. The molecule has 1 aromatic carbocycles. The van der Waals surface area contributed by atoms with Crippen LogP contribution in [-0.4, -0.2) is 57.1 Å². The first-order valence-corrected chi connectivity index (χ1v) is 7.00. The normalized spacial score (nSPS) is 30.2. The molecule has 4 N–H and O–H groups in total. The number of rotatable bonds is 3. The Morgan fingerprint density at radius 2 is 1.75 bits per heavy atom. The highest BCUT2D eigenvalue weighted by atomic mass is 16.7. The molecule has 1 aliphatic rings. The molecule has 3 unspecified atom stereocenters. The summed E-state index contributed by atoms with van der Waals surface area (Å²) in [5.41, 5.74) is -0.334. The Labute approximate surface area is 134 Å². The summed E-state index contributed by atoms with van der Waals surface area (Å²) in [5.74, 6) is -1.39. The van der Waals surface area contributed by atoms with Gasteiger partial charge in [-0.2, -0.15) is 0 Å². The predicted octanol–water partition coefficient (Wildman–Crippen LogP) is -0.936. The van der Waals surface area contributed by atoms with E-state index in [-0.39, 0.29) is 11.3 Å². The fourth-order valence-electron chi connectivity index (χ4n) is 2.40. The molecule has 1 saturated heterocycles. The zero-order chi connectivity index (χ0) is 17.4. The van der Waals surface area contributed by atoms with E-state index < -0.39 is 42.3 Å². The summed E-state index contributed by atoms with van der Waals surface area (Å²) in [6.45, 7) is 0. The van der Waals surface area contributed by atoms with Crippen LogP contribution >= 0.6 is 0 Å². The van der Waals surface area contributed by atoms with Crippen molar-refractivity contribution in [2.75, 3.05) is 0 Å². The number of aliphatic hydroxyl groups excluding tert-OH is 3. The first-order chi connectivity index (χ1) is 11.4. The highest BCUT2D eigenvalue weighted by molar-refractivity contribution is 5.77. The Morgan fingerprint density at radius 3 is 2.46 bits per heavy atom. The first-order valence-electron chi connectivity index (χ1n) is 7.00. The van der Waals surface area contributed by atoms with E-state index in [2.05, 4.69) is 0 Å². The molecule has 1 aliphatic heterocycles. The fourth-order valence-corrected chi connectivity index (χ4v) is 2.40. The molecule has 2 aromatic rings. The minimum Gasteiger partial charge on any atom is -0.479 e. The number of aliphatic hydroxyl groups is 3. The quantitative estimate of drug-likeness (QED) is 0.521. The Balaban J connectivity index is 1.86. The summed E-state index contributed by atoms with van der Waals surface area (Å²) in [4.78, 5) is 22.3. The number of hydrogen-bond acceptors (Lipinski definition) is 8. The minimum atomic E-state index is -1.80. The van der Waals surface area contributed by atoms with Crippen LogP contribution in [0.4, 0.5) is 0 Å². The number of carbonyl (C=O) groups is 1. The van der Waals surface area contributed by atoms with Gasteiger partial charge in [0.05, 0.1) is 0 Å². The zero-order valence-electron chi connectivity index (χ0n) is 12.1. The molecule has 128 valence electrons. The Morgan fingerprint density at radius 1 is 1.04 bits per heavy atom. The van der Waals surface area contributed by atoms with Crippen LogP contribution in [0.5, 0.6) is 5.75 Å². The van der Waals surface area contributed by atoms with Gasteiger partial charge in [0.1, 0.15) is 29.6 Å². The van der Waals surface area contributed by atoms with E-state index in [1.807, 2.05) is 0 Å². The van der Waals surface area contributed by atoms with Crippen LogP contribution in [0.1, 0.15) is 0 Å². The van der Waals surface area contributed by atoms with Crippen LogP contribution in [-0.2, 0) is 9.53 Å². The van der Waals surface area contributed by atoms with Crippen molar-refractivity contribution < 1.29 is 39.1 Å². The first kappa shape index (κ1) is 16.4. The summed E-state index contributed by atoms with van der Waals surface area (Å²) in [6, 6.07) is 7.25. The molecule has 24 heavy (non-hydrogen) atoms. The zero-order valence-corrected chi connectivity index (χ0v) is 12.1. The van der Waals surface area contributed by atoms with Gasteiger partial charge in [0.25, 0.3) is 0 Å². The second-order valence-corrected chi connectivity index (χ2v) is 5.31. The van der Waals surface area contributed by atoms with Crippen LogP contribution in [0, 0.1) is 0 Å². The maximum absolute atomic E-state index is 11.2. The smallest absolute Gasteiger partial charge is 0.336 e. The van der Waals surface area contributed by atoms with E-state index in [1.165, 1.54) is 18.2 Å². The number of aliphatic carboxylic acids is 1. The summed E-state index contributed by atoms with van der Waals surface area (Å²) >= 11 is 0. The van der Waals surface area contributed by atoms with E-state index in [9.17, 15) is 24.9 Å². The third-order valence-corrected chi connectivity index (χ3v) is 3.66. The molecule has 9 nitrogen and oxygen atoms in total. The van der Waals surface area contributed by atoms with Gasteiger partial charge in [0, 0.05) is 17.5 Å². The monoisotopic (exact) mass is 338 g/mol. The largest absolute Gasteiger partial charge is 0.479 e. The van der Waals surface area contributed by atoms with Gasteiger partial charge in [-0.05, 0) is 18.2 Å². The lowest BCUT2D eigenvalue weighted by Crippen LogP contribution is -2.61. The molecule has 0 radical (unpaired) electrons. The second kappa shape index (κ2) is 6.21. The minimum absolute atomic E-state index is 0.119. The van der Waals surface area contributed by atoms with Crippen molar-refractivity contribution >= 4 is 16.9 Å². The highest BCUT2D eigenvalue weighted by Gasteiger charge is 2.48. The van der Waals surface area contributed by atoms with Crippen LogP contribution in [0.25, 0.3) is 11.0 Å². The molecule has 0 spiro atoms. The molecule has 1 fully saturated rings. The Kier molecular flexibility index (Phi) is 4.24. The lowest BCUT2D eigenvalue weighted by Gasteiger charge is -2.38. The molecule has 5 atom stereocenters. The van der Waals surface area contributed by atoms with Crippen molar-refractivity contribution in [2.45, 2.75) is 30.7 Å². The third kappa shape index (κ3) is 2.97. The average Bonchev–Trinajstić information content (AvgIpc) is 2.54. The van der Waals surface area contributed by atoms with Gasteiger partial charge in [0.15, 0.2) is 6.10 Å². The van der Waals surface area contributed by atoms with Gasteiger partial charge in [0.2, 0.25) is 6.29 Å². The predicted molar refractivity (Wildman–Crippen MR) is 77.4 cm³/mol. The van der Waals surface area contributed by atoms with Crippen LogP contribution in [0.2, 0.25) is 0 Å². The lowest BCUT2D eigenvalue weighted by atomic mass is 9.99. The standard InChI is InChI=1S/C15H14O9/c16-9-4-2-6-1-3-7(5-8(6)23-9)22-15-12(19)10(17)11(18)13(24-15)14(20)21/h1-5,10-13,15,17-19H,(H,20,21)/t10?,11-,12?,13?,15-/m0/s1. The van der Waals surface area contributed by atoms with Gasteiger partial charge < -0.3 is 34.3 Å². The molecule has 9 heteroatoms.